The number of aromatic nitrogens is 4. The van der Waals surface area contributed by atoms with Crippen molar-refractivity contribution in [3.05, 3.63) is 68.9 Å². The van der Waals surface area contributed by atoms with Crippen LogP contribution in [0.3, 0.4) is 0 Å². The Hall–Kier alpha value is -2.84. The molecular weight excluding hydrogens is 401 g/mol. The summed E-state index contributed by atoms with van der Waals surface area (Å²) in [6.45, 7) is 1.71. The Kier molecular flexibility index (Phi) is 5.06. The Bertz CT molecular complexity index is 1160. The maximum absolute atomic E-state index is 12.7. The van der Waals surface area contributed by atoms with Gasteiger partial charge in [0.1, 0.15) is 11.6 Å². The van der Waals surface area contributed by atoms with Crippen LogP contribution < -0.4 is 5.32 Å². The maximum Gasteiger partial charge on any atom is 0.268 e. The van der Waals surface area contributed by atoms with Crippen LogP contribution >= 0.6 is 22.9 Å². The van der Waals surface area contributed by atoms with Gasteiger partial charge < -0.3 is 5.32 Å². The largest absolute Gasteiger partial charge is 0.304 e. The molecule has 0 saturated carbocycles. The van der Waals surface area contributed by atoms with E-state index in [4.69, 9.17) is 11.6 Å². The predicted molar refractivity (Wildman–Crippen MR) is 108 cm³/mol. The number of nitrogens with one attached hydrogen (secondary N) is 1. The zero-order chi connectivity index (χ0) is 19.7. The standard InChI is InChI=1S/C19H15ClFN5OS/c1-11-17(28-10-23-11)19(27)24-18-16-14(20)7-22-8-15(16)26(25-18)9-13-4-2-12(6-21)3-5-13/h2-5,7-8,10H,6,9H2,1H3,(H,24,25,27). The highest BCUT2D eigenvalue weighted by molar-refractivity contribution is 7.12. The van der Waals surface area contributed by atoms with Crippen molar-refractivity contribution in [2.45, 2.75) is 20.1 Å². The Morgan fingerprint density at radius 2 is 2.00 bits per heavy atom. The third kappa shape index (κ3) is 3.48. The van der Waals surface area contributed by atoms with E-state index in [9.17, 15) is 9.18 Å². The average molecular weight is 416 g/mol. The fraction of sp³-hybridized carbons (Fsp3) is 0.158. The van der Waals surface area contributed by atoms with Gasteiger partial charge in [0.15, 0.2) is 5.82 Å². The highest BCUT2D eigenvalue weighted by Gasteiger charge is 2.19. The van der Waals surface area contributed by atoms with Gasteiger partial charge in [0.05, 0.1) is 39.9 Å². The fourth-order valence-electron chi connectivity index (χ4n) is 2.88. The van der Waals surface area contributed by atoms with Crippen LogP contribution in [0, 0.1) is 6.92 Å². The number of hydrogen-bond donors (Lipinski definition) is 1. The fourth-order valence-corrected chi connectivity index (χ4v) is 3.82. The number of thiazole rings is 1. The number of carbonyl (C=O) groups is 1. The number of halogens is 2. The van der Waals surface area contributed by atoms with Gasteiger partial charge in [-0.25, -0.2) is 9.37 Å². The third-order valence-corrected chi connectivity index (χ3v) is 5.52. The summed E-state index contributed by atoms with van der Waals surface area (Å²) in [5, 5.41) is 8.38. The van der Waals surface area contributed by atoms with Crippen LogP contribution in [-0.4, -0.2) is 25.7 Å². The van der Waals surface area contributed by atoms with E-state index in [2.05, 4.69) is 20.4 Å². The molecule has 6 nitrogen and oxygen atoms in total. The second-order valence-electron chi connectivity index (χ2n) is 6.19. The lowest BCUT2D eigenvalue weighted by molar-refractivity contribution is 0.102. The van der Waals surface area contributed by atoms with Crippen LogP contribution in [-0.2, 0) is 13.2 Å². The summed E-state index contributed by atoms with van der Waals surface area (Å²) in [6.07, 6.45) is 3.16. The molecule has 4 aromatic rings. The number of benzene rings is 1. The molecule has 0 unspecified atom stereocenters. The molecular formula is C19H15ClFN5OS. The number of anilines is 1. The normalized spacial score (nSPS) is 11.1. The SMILES string of the molecule is Cc1ncsc1C(=O)Nc1nn(Cc2ccc(CF)cc2)c2cncc(Cl)c12. The second kappa shape index (κ2) is 7.65. The molecule has 3 aromatic heterocycles. The van der Waals surface area contributed by atoms with Crippen molar-refractivity contribution >= 4 is 45.6 Å². The van der Waals surface area contributed by atoms with Crippen LogP contribution in [0.5, 0.6) is 0 Å². The lowest BCUT2D eigenvalue weighted by atomic mass is 10.1. The van der Waals surface area contributed by atoms with E-state index in [0.29, 0.717) is 44.4 Å². The van der Waals surface area contributed by atoms with Crippen molar-refractivity contribution in [3.8, 4) is 0 Å². The minimum atomic E-state index is -0.502. The van der Waals surface area contributed by atoms with Gasteiger partial charge in [-0.15, -0.1) is 11.3 Å². The van der Waals surface area contributed by atoms with Crippen molar-refractivity contribution < 1.29 is 9.18 Å². The van der Waals surface area contributed by atoms with Gasteiger partial charge in [-0.1, -0.05) is 35.9 Å². The second-order valence-corrected chi connectivity index (χ2v) is 7.45. The van der Waals surface area contributed by atoms with Crippen LogP contribution in [0.25, 0.3) is 10.9 Å². The molecule has 142 valence electrons. The first-order valence-electron chi connectivity index (χ1n) is 8.42. The van der Waals surface area contributed by atoms with Gasteiger partial charge >= 0.3 is 0 Å². The van der Waals surface area contributed by atoms with Crippen LogP contribution in [0.15, 0.2) is 42.2 Å². The number of amides is 1. The number of carbonyl (C=O) groups excluding carboxylic acids is 1. The van der Waals surface area contributed by atoms with Gasteiger partial charge in [0, 0.05) is 6.20 Å². The van der Waals surface area contributed by atoms with Crippen molar-refractivity contribution in [2.24, 2.45) is 0 Å². The molecule has 0 aliphatic rings. The third-order valence-electron chi connectivity index (χ3n) is 4.31. The summed E-state index contributed by atoms with van der Waals surface area (Å²) in [5.74, 6) is 0.0762. The zero-order valence-electron chi connectivity index (χ0n) is 14.8. The summed E-state index contributed by atoms with van der Waals surface area (Å²) in [6, 6.07) is 7.17. The van der Waals surface area contributed by atoms with E-state index in [1.807, 2.05) is 12.1 Å². The Balaban J connectivity index is 1.71. The molecule has 4 rings (SSSR count). The van der Waals surface area contributed by atoms with Gasteiger partial charge in [0.25, 0.3) is 5.91 Å². The molecule has 9 heteroatoms. The lowest BCUT2D eigenvalue weighted by Gasteiger charge is -2.04. The van der Waals surface area contributed by atoms with Crippen molar-refractivity contribution in [3.63, 3.8) is 0 Å². The molecule has 0 fully saturated rings. The first kappa shape index (κ1) is 18.5. The number of nitrogens with zero attached hydrogens (tertiary/aromatic N) is 4. The molecule has 1 amide bonds. The molecule has 0 aliphatic heterocycles. The lowest BCUT2D eigenvalue weighted by Crippen LogP contribution is -2.13. The van der Waals surface area contributed by atoms with Crippen molar-refractivity contribution in [2.75, 3.05) is 5.32 Å². The van der Waals surface area contributed by atoms with Gasteiger partial charge in [0.2, 0.25) is 0 Å². The smallest absolute Gasteiger partial charge is 0.268 e. The molecule has 3 heterocycles. The molecule has 0 atom stereocenters. The summed E-state index contributed by atoms with van der Waals surface area (Å²) < 4.78 is 14.4. The summed E-state index contributed by atoms with van der Waals surface area (Å²) in [7, 11) is 0. The quantitative estimate of drug-likeness (QED) is 0.516. The molecule has 1 N–H and O–H groups in total. The highest BCUT2D eigenvalue weighted by atomic mass is 35.5. The van der Waals surface area contributed by atoms with E-state index in [1.165, 1.54) is 17.5 Å². The zero-order valence-corrected chi connectivity index (χ0v) is 16.4. The van der Waals surface area contributed by atoms with Crippen LogP contribution in [0.1, 0.15) is 26.5 Å². The van der Waals surface area contributed by atoms with Gasteiger partial charge in [-0.3, -0.25) is 14.5 Å². The van der Waals surface area contributed by atoms with Crippen molar-refractivity contribution in [1.29, 1.82) is 0 Å². The number of aryl methyl sites for hydroxylation is 1. The summed E-state index contributed by atoms with van der Waals surface area (Å²) >= 11 is 7.60. The molecule has 0 radical (unpaired) electrons. The minimum absolute atomic E-state index is 0.285. The first-order valence-corrected chi connectivity index (χ1v) is 9.68. The predicted octanol–water partition coefficient (Wildman–Crippen LogP) is 4.62. The van der Waals surface area contributed by atoms with E-state index in [1.54, 1.807) is 35.4 Å². The van der Waals surface area contributed by atoms with Crippen LogP contribution in [0.2, 0.25) is 5.02 Å². The van der Waals surface area contributed by atoms with E-state index >= 15 is 0 Å². The monoisotopic (exact) mass is 415 g/mol. The highest BCUT2D eigenvalue weighted by Crippen LogP contribution is 2.30. The van der Waals surface area contributed by atoms with E-state index in [-0.39, 0.29) is 5.91 Å². The number of pyridine rings is 1. The number of hydrogen-bond acceptors (Lipinski definition) is 5. The minimum Gasteiger partial charge on any atom is -0.304 e. The molecule has 0 aliphatic carbocycles. The van der Waals surface area contributed by atoms with Crippen molar-refractivity contribution in [1.82, 2.24) is 19.7 Å². The molecule has 0 saturated heterocycles. The maximum atomic E-state index is 12.7. The topological polar surface area (TPSA) is 72.7 Å². The Morgan fingerprint density at radius 1 is 1.25 bits per heavy atom. The van der Waals surface area contributed by atoms with Gasteiger partial charge in [-0.05, 0) is 18.1 Å². The summed E-state index contributed by atoms with van der Waals surface area (Å²) in [5.41, 5.74) is 4.54. The molecule has 1 aromatic carbocycles. The Morgan fingerprint density at radius 3 is 2.68 bits per heavy atom. The summed E-state index contributed by atoms with van der Waals surface area (Å²) in [4.78, 5) is 21.4. The number of rotatable bonds is 5. The average Bonchev–Trinajstić information content (AvgIpc) is 3.27. The molecule has 28 heavy (non-hydrogen) atoms. The van der Waals surface area contributed by atoms with E-state index < -0.39 is 6.67 Å². The van der Waals surface area contributed by atoms with Gasteiger partial charge in [-0.2, -0.15) is 5.10 Å². The number of fused-ring (bicyclic) bond motifs is 1. The Labute approximate surface area is 169 Å². The molecule has 0 bridgehead atoms. The first-order chi connectivity index (χ1) is 13.6. The number of alkyl halides is 1. The van der Waals surface area contributed by atoms with Crippen LogP contribution in [0.4, 0.5) is 10.2 Å². The molecule has 0 spiro atoms. The van der Waals surface area contributed by atoms with E-state index in [0.717, 1.165) is 5.56 Å².